The van der Waals surface area contributed by atoms with Crippen LogP contribution in [0.3, 0.4) is 0 Å². The number of aromatic amines is 1. The van der Waals surface area contributed by atoms with E-state index in [-0.39, 0.29) is 0 Å². The number of anilines is 1. The SMILES string of the molecule is Cc1nc(-c2cccc(NC3CSC(C)C3)c2)n[nH]1. The molecule has 1 aromatic carbocycles. The normalized spacial score (nSPS) is 22.6. The molecule has 100 valence electrons. The molecule has 2 N–H and O–H groups in total. The Balaban J connectivity index is 1.76. The van der Waals surface area contributed by atoms with Crippen molar-refractivity contribution in [3.8, 4) is 11.4 Å². The zero-order valence-corrected chi connectivity index (χ0v) is 12.0. The van der Waals surface area contributed by atoms with E-state index in [1.54, 1.807) is 0 Å². The summed E-state index contributed by atoms with van der Waals surface area (Å²) in [5, 5.41) is 11.4. The van der Waals surface area contributed by atoms with Gasteiger partial charge < -0.3 is 5.32 Å². The second-order valence-electron chi connectivity index (χ2n) is 5.05. The van der Waals surface area contributed by atoms with Crippen LogP contribution in [0.2, 0.25) is 0 Å². The first-order valence-corrected chi connectivity index (χ1v) is 7.63. The van der Waals surface area contributed by atoms with Gasteiger partial charge in [-0.15, -0.1) is 0 Å². The number of nitrogens with zero attached hydrogens (tertiary/aromatic N) is 2. The smallest absolute Gasteiger partial charge is 0.181 e. The minimum Gasteiger partial charge on any atom is -0.381 e. The fraction of sp³-hybridized carbons (Fsp3) is 0.429. The van der Waals surface area contributed by atoms with Gasteiger partial charge in [0, 0.05) is 28.3 Å². The third kappa shape index (κ3) is 2.92. The predicted octanol–water partition coefficient (Wildman–Crippen LogP) is 3.09. The van der Waals surface area contributed by atoms with Gasteiger partial charge in [-0.2, -0.15) is 16.9 Å². The van der Waals surface area contributed by atoms with E-state index in [0.717, 1.165) is 28.1 Å². The average Bonchev–Trinajstić information content (AvgIpc) is 2.99. The quantitative estimate of drug-likeness (QED) is 0.903. The summed E-state index contributed by atoms with van der Waals surface area (Å²) in [6.45, 7) is 4.20. The molecule has 0 aliphatic carbocycles. The summed E-state index contributed by atoms with van der Waals surface area (Å²) < 4.78 is 0. The number of aromatic nitrogens is 3. The van der Waals surface area contributed by atoms with Gasteiger partial charge in [-0.3, -0.25) is 5.10 Å². The topological polar surface area (TPSA) is 53.6 Å². The molecule has 0 saturated carbocycles. The van der Waals surface area contributed by atoms with Crippen molar-refractivity contribution < 1.29 is 0 Å². The summed E-state index contributed by atoms with van der Waals surface area (Å²) in [4.78, 5) is 4.37. The van der Waals surface area contributed by atoms with Gasteiger partial charge in [0.15, 0.2) is 5.82 Å². The van der Waals surface area contributed by atoms with Crippen molar-refractivity contribution in [2.24, 2.45) is 0 Å². The van der Waals surface area contributed by atoms with E-state index in [9.17, 15) is 0 Å². The third-order valence-corrected chi connectivity index (χ3v) is 4.64. The maximum absolute atomic E-state index is 4.37. The zero-order chi connectivity index (χ0) is 13.2. The van der Waals surface area contributed by atoms with Gasteiger partial charge in [0.1, 0.15) is 5.82 Å². The fourth-order valence-corrected chi connectivity index (χ4v) is 3.52. The first kappa shape index (κ1) is 12.5. The molecule has 5 heteroatoms. The molecule has 0 radical (unpaired) electrons. The molecule has 2 atom stereocenters. The maximum atomic E-state index is 4.37. The van der Waals surface area contributed by atoms with Crippen LogP contribution >= 0.6 is 11.8 Å². The molecule has 1 fully saturated rings. The molecular formula is C14H18N4S. The van der Waals surface area contributed by atoms with E-state index < -0.39 is 0 Å². The monoisotopic (exact) mass is 274 g/mol. The molecule has 1 saturated heterocycles. The van der Waals surface area contributed by atoms with Crippen LogP contribution in [-0.2, 0) is 0 Å². The molecule has 2 heterocycles. The van der Waals surface area contributed by atoms with E-state index in [2.05, 4.69) is 45.6 Å². The molecular weight excluding hydrogens is 256 g/mol. The van der Waals surface area contributed by atoms with Crippen LogP contribution in [-0.4, -0.2) is 32.2 Å². The Bertz CT molecular complexity index is 566. The van der Waals surface area contributed by atoms with E-state index in [0.29, 0.717) is 6.04 Å². The van der Waals surface area contributed by atoms with Gasteiger partial charge in [-0.1, -0.05) is 19.1 Å². The molecule has 19 heavy (non-hydrogen) atoms. The lowest BCUT2D eigenvalue weighted by molar-refractivity contribution is 0.747. The highest BCUT2D eigenvalue weighted by molar-refractivity contribution is 8.00. The average molecular weight is 274 g/mol. The zero-order valence-electron chi connectivity index (χ0n) is 11.2. The minimum atomic E-state index is 0.573. The second-order valence-corrected chi connectivity index (χ2v) is 6.52. The molecule has 4 nitrogen and oxygen atoms in total. The number of H-pyrrole nitrogens is 1. The molecule has 0 spiro atoms. The first-order chi connectivity index (χ1) is 9.20. The van der Waals surface area contributed by atoms with Crippen LogP contribution in [0.1, 0.15) is 19.2 Å². The largest absolute Gasteiger partial charge is 0.381 e. The first-order valence-electron chi connectivity index (χ1n) is 6.58. The number of hydrogen-bond donors (Lipinski definition) is 2. The van der Waals surface area contributed by atoms with E-state index >= 15 is 0 Å². The van der Waals surface area contributed by atoms with Gasteiger partial charge in [-0.05, 0) is 25.5 Å². The fourth-order valence-electron chi connectivity index (χ4n) is 2.37. The number of rotatable bonds is 3. The van der Waals surface area contributed by atoms with Crippen LogP contribution in [0.5, 0.6) is 0 Å². The van der Waals surface area contributed by atoms with Crippen molar-refractivity contribution >= 4 is 17.4 Å². The van der Waals surface area contributed by atoms with E-state index in [4.69, 9.17) is 0 Å². The summed E-state index contributed by atoms with van der Waals surface area (Å²) in [5.41, 5.74) is 2.20. The lowest BCUT2D eigenvalue weighted by atomic mass is 10.1. The van der Waals surface area contributed by atoms with Gasteiger partial charge >= 0.3 is 0 Å². The summed E-state index contributed by atoms with van der Waals surface area (Å²) in [5.74, 6) is 2.79. The number of hydrogen-bond acceptors (Lipinski definition) is 4. The van der Waals surface area contributed by atoms with Gasteiger partial charge in [0.2, 0.25) is 0 Å². The standard InChI is InChI=1S/C14H18N4S/c1-9-6-13(8-19-9)16-12-5-3-4-11(7-12)14-15-10(2)17-18-14/h3-5,7,9,13,16H,6,8H2,1-2H3,(H,15,17,18). The molecule has 3 rings (SSSR count). The van der Waals surface area contributed by atoms with Crippen LogP contribution in [0.4, 0.5) is 5.69 Å². The van der Waals surface area contributed by atoms with E-state index in [1.807, 2.05) is 24.8 Å². The molecule has 1 aliphatic heterocycles. The summed E-state index contributed by atoms with van der Waals surface area (Å²) >= 11 is 2.04. The third-order valence-electron chi connectivity index (χ3n) is 3.29. The van der Waals surface area contributed by atoms with Crippen LogP contribution < -0.4 is 5.32 Å². The summed E-state index contributed by atoms with van der Waals surface area (Å²) in [6.07, 6.45) is 1.23. The summed E-state index contributed by atoms with van der Waals surface area (Å²) in [6, 6.07) is 8.89. The number of benzene rings is 1. The lowest BCUT2D eigenvalue weighted by Crippen LogP contribution is -2.18. The van der Waals surface area contributed by atoms with Gasteiger partial charge in [-0.25, -0.2) is 4.98 Å². The highest BCUT2D eigenvalue weighted by Crippen LogP contribution is 2.29. The predicted molar refractivity (Wildman–Crippen MR) is 80.5 cm³/mol. The van der Waals surface area contributed by atoms with Gasteiger partial charge in [0.05, 0.1) is 0 Å². The Morgan fingerprint density at radius 2 is 2.32 bits per heavy atom. The second kappa shape index (κ2) is 5.25. The van der Waals surface area contributed by atoms with Crippen molar-refractivity contribution in [2.45, 2.75) is 31.6 Å². The Morgan fingerprint density at radius 3 is 3.00 bits per heavy atom. The lowest BCUT2D eigenvalue weighted by Gasteiger charge is -2.13. The maximum Gasteiger partial charge on any atom is 0.181 e. The minimum absolute atomic E-state index is 0.573. The number of aryl methyl sites for hydroxylation is 1. The van der Waals surface area contributed by atoms with Crippen LogP contribution in [0, 0.1) is 6.92 Å². The Hall–Kier alpha value is -1.49. The highest BCUT2D eigenvalue weighted by Gasteiger charge is 2.21. The van der Waals surface area contributed by atoms with Crippen molar-refractivity contribution in [2.75, 3.05) is 11.1 Å². The molecule has 0 bridgehead atoms. The molecule has 1 aliphatic rings. The van der Waals surface area contributed by atoms with Crippen LogP contribution in [0.25, 0.3) is 11.4 Å². The van der Waals surface area contributed by atoms with Crippen LogP contribution in [0.15, 0.2) is 24.3 Å². The number of nitrogens with one attached hydrogen (secondary N) is 2. The highest BCUT2D eigenvalue weighted by atomic mass is 32.2. The van der Waals surface area contributed by atoms with Gasteiger partial charge in [0.25, 0.3) is 0 Å². The molecule has 1 aromatic heterocycles. The Morgan fingerprint density at radius 1 is 1.42 bits per heavy atom. The molecule has 2 unspecified atom stereocenters. The Kier molecular flexibility index (Phi) is 3.46. The molecule has 2 aromatic rings. The Labute approximate surface area is 117 Å². The van der Waals surface area contributed by atoms with Crippen molar-refractivity contribution in [1.29, 1.82) is 0 Å². The van der Waals surface area contributed by atoms with Crippen molar-refractivity contribution in [1.82, 2.24) is 15.2 Å². The molecule has 0 amide bonds. The van der Waals surface area contributed by atoms with Crippen molar-refractivity contribution in [3.05, 3.63) is 30.1 Å². The van der Waals surface area contributed by atoms with E-state index in [1.165, 1.54) is 12.2 Å². The van der Waals surface area contributed by atoms with Crippen molar-refractivity contribution in [3.63, 3.8) is 0 Å². The summed E-state index contributed by atoms with van der Waals surface area (Å²) in [7, 11) is 0. The number of thioether (sulfide) groups is 1.